The molecule has 20 heavy (non-hydrogen) atoms. The van der Waals surface area contributed by atoms with Crippen molar-refractivity contribution in [2.45, 2.75) is 0 Å². The van der Waals surface area contributed by atoms with Crippen molar-refractivity contribution in [3.05, 3.63) is 47.5 Å². The lowest BCUT2D eigenvalue weighted by atomic mass is 10.1. The summed E-state index contributed by atoms with van der Waals surface area (Å²) in [6.07, 6.45) is 0. The Balaban J connectivity index is 2.34. The van der Waals surface area contributed by atoms with Gasteiger partial charge in [-0.1, -0.05) is 11.8 Å². The number of aromatic hydroxyl groups is 2. The van der Waals surface area contributed by atoms with E-state index in [1.807, 2.05) is 0 Å². The highest BCUT2D eigenvalue weighted by Gasteiger charge is 2.00. The van der Waals surface area contributed by atoms with Gasteiger partial charge in [-0.25, -0.2) is 0 Å². The maximum atomic E-state index is 9.40. The molecule has 2 aromatic carbocycles. The quantitative estimate of drug-likeness (QED) is 0.650. The highest BCUT2D eigenvalue weighted by Crippen LogP contribution is 2.25. The van der Waals surface area contributed by atoms with E-state index in [2.05, 4.69) is 11.8 Å². The first-order chi connectivity index (χ1) is 9.62. The number of methoxy groups -OCH3 is 2. The predicted molar refractivity (Wildman–Crippen MR) is 75.3 cm³/mol. The van der Waals surface area contributed by atoms with E-state index >= 15 is 0 Å². The van der Waals surface area contributed by atoms with Gasteiger partial charge >= 0.3 is 0 Å². The van der Waals surface area contributed by atoms with E-state index in [0.717, 1.165) is 5.56 Å². The fraction of sp³-hybridized carbons (Fsp3) is 0.125. The molecular formula is C16H14O4. The number of benzene rings is 2. The van der Waals surface area contributed by atoms with E-state index in [1.165, 1.54) is 12.1 Å². The molecule has 0 atom stereocenters. The van der Waals surface area contributed by atoms with E-state index in [0.29, 0.717) is 17.1 Å². The Morgan fingerprint density at radius 3 is 1.90 bits per heavy atom. The first-order valence-corrected chi connectivity index (χ1v) is 5.89. The second-order valence-electron chi connectivity index (χ2n) is 4.05. The summed E-state index contributed by atoms with van der Waals surface area (Å²) in [5, 5.41) is 18.6. The van der Waals surface area contributed by atoms with Gasteiger partial charge in [-0.05, 0) is 30.3 Å². The van der Waals surface area contributed by atoms with Crippen molar-refractivity contribution in [1.82, 2.24) is 0 Å². The van der Waals surface area contributed by atoms with Crippen LogP contribution < -0.4 is 9.47 Å². The molecule has 4 heteroatoms. The molecule has 0 radical (unpaired) electrons. The minimum Gasteiger partial charge on any atom is -0.504 e. The lowest BCUT2D eigenvalue weighted by Gasteiger charge is -2.04. The van der Waals surface area contributed by atoms with Crippen LogP contribution in [0.3, 0.4) is 0 Å². The smallest absolute Gasteiger partial charge is 0.158 e. The van der Waals surface area contributed by atoms with E-state index in [-0.39, 0.29) is 11.5 Å². The predicted octanol–water partition coefficient (Wildman–Crippen LogP) is 2.51. The van der Waals surface area contributed by atoms with Crippen LogP contribution in [-0.4, -0.2) is 24.4 Å². The molecule has 0 fully saturated rings. The van der Waals surface area contributed by atoms with Crippen LogP contribution in [0.4, 0.5) is 0 Å². The van der Waals surface area contributed by atoms with Gasteiger partial charge in [-0.3, -0.25) is 0 Å². The zero-order chi connectivity index (χ0) is 14.5. The molecule has 2 aromatic rings. The molecule has 0 aliphatic heterocycles. The Hall–Kier alpha value is -2.80. The summed E-state index contributed by atoms with van der Waals surface area (Å²) in [5.41, 5.74) is 1.33. The molecule has 0 unspecified atom stereocenters. The minimum absolute atomic E-state index is 0.168. The Morgan fingerprint density at radius 2 is 1.35 bits per heavy atom. The third-order valence-corrected chi connectivity index (χ3v) is 2.68. The first kappa shape index (κ1) is 13.6. The van der Waals surface area contributed by atoms with Crippen LogP contribution in [0.5, 0.6) is 23.0 Å². The van der Waals surface area contributed by atoms with Crippen molar-refractivity contribution in [3.8, 4) is 34.8 Å². The van der Waals surface area contributed by atoms with Gasteiger partial charge in [0.2, 0.25) is 0 Å². The summed E-state index contributed by atoms with van der Waals surface area (Å²) in [6, 6.07) is 9.76. The van der Waals surface area contributed by atoms with Crippen molar-refractivity contribution in [2.75, 3.05) is 14.2 Å². The third kappa shape index (κ3) is 3.15. The van der Waals surface area contributed by atoms with Crippen LogP contribution in [0.25, 0.3) is 0 Å². The SMILES string of the molecule is COc1cc(C#Cc2ccc(O)c(O)c2)cc(OC)c1. The van der Waals surface area contributed by atoms with Gasteiger partial charge in [0.25, 0.3) is 0 Å². The van der Waals surface area contributed by atoms with Gasteiger partial charge in [-0.2, -0.15) is 0 Å². The minimum atomic E-state index is -0.194. The average molecular weight is 270 g/mol. The lowest BCUT2D eigenvalue weighted by molar-refractivity contribution is 0.394. The first-order valence-electron chi connectivity index (χ1n) is 5.89. The van der Waals surface area contributed by atoms with Crippen LogP contribution in [0.1, 0.15) is 11.1 Å². The molecule has 0 amide bonds. The zero-order valence-corrected chi connectivity index (χ0v) is 11.2. The largest absolute Gasteiger partial charge is 0.504 e. The van der Waals surface area contributed by atoms with Crippen LogP contribution in [0, 0.1) is 11.8 Å². The number of hydrogen-bond acceptors (Lipinski definition) is 4. The van der Waals surface area contributed by atoms with Gasteiger partial charge in [0.05, 0.1) is 14.2 Å². The molecule has 0 aliphatic carbocycles. The third-order valence-electron chi connectivity index (χ3n) is 2.68. The maximum Gasteiger partial charge on any atom is 0.158 e. The fourth-order valence-electron chi connectivity index (χ4n) is 1.63. The van der Waals surface area contributed by atoms with Crippen molar-refractivity contribution < 1.29 is 19.7 Å². The monoisotopic (exact) mass is 270 g/mol. The highest BCUT2D eigenvalue weighted by atomic mass is 16.5. The number of ether oxygens (including phenoxy) is 2. The van der Waals surface area contributed by atoms with Gasteiger partial charge < -0.3 is 19.7 Å². The van der Waals surface area contributed by atoms with Crippen molar-refractivity contribution in [1.29, 1.82) is 0 Å². The summed E-state index contributed by atoms with van der Waals surface area (Å²) < 4.78 is 10.3. The molecular weight excluding hydrogens is 256 g/mol. The van der Waals surface area contributed by atoms with Crippen molar-refractivity contribution >= 4 is 0 Å². The Bertz CT molecular complexity index is 658. The molecule has 0 heterocycles. The standard InChI is InChI=1S/C16H14O4/c1-19-13-7-12(8-14(10-13)20-2)4-3-11-5-6-15(17)16(18)9-11/h5-10,17-18H,1-2H3. The molecule has 2 N–H and O–H groups in total. The van der Waals surface area contributed by atoms with Crippen LogP contribution in [-0.2, 0) is 0 Å². The Kier molecular flexibility index (Phi) is 4.02. The molecule has 0 bridgehead atoms. The van der Waals surface area contributed by atoms with Crippen molar-refractivity contribution in [2.24, 2.45) is 0 Å². The number of phenols is 2. The van der Waals surface area contributed by atoms with Crippen LogP contribution in [0.15, 0.2) is 36.4 Å². The molecule has 0 saturated heterocycles. The summed E-state index contributed by atoms with van der Waals surface area (Å²) in [6.45, 7) is 0. The molecule has 0 saturated carbocycles. The summed E-state index contributed by atoms with van der Waals surface area (Å²) in [5.74, 6) is 6.80. The molecule has 4 nitrogen and oxygen atoms in total. The van der Waals surface area contributed by atoms with Crippen LogP contribution >= 0.6 is 0 Å². The topological polar surface area (TPSA) is 58.9 Å². The normalized spacial score (nSPS) is 9.50. The lowest BCUT2D eigenvalue weighted by Crippen LogP contribution is -1.88. The zero-order valence-electron chi connectivity index (χ0n) is 11.2. The second-order valence-corrected chi connectivity index (χ2v) is 4.05. The second kappa shape index (κ2) is 5.89. The van der Waals surface area contributed by atoms with Crippen molar-refractivity contribution in [3.63, 3.8) is 0 Å². The number of hydrogen-bond donors (Lipinski definition) is 2. The molecule has 0 aromatic heterocycles. The van der Waals surface area contributed by atoms with Gasteiger partial charge in [-0.15, -0.1) is 0 Å². The Labute approximate surface area is 117 Å². The van der Waals surface area contributed by atoms with E-state index < -0.39 is 0 Å². The number of phenolic OH excluding ortho intramolecular Hbond substituents is 2. The maximum absolute atomic E-state index is 9.40. The summed E-state index contributed by atoms with van der Waals surface area (Å²) in [4.78, 5) is 0. The summed E-state index contributed by atoms with van der Waals surface area (Å²) >= 11 is 0. The van der Waals surface area contributed by atoms with E-state index in [1.54, 1.807) is 38.5 Å². The summed E-state index contributed by atoms with van der Waals surface area (Å²) in [7, 11) is 3.15. The van der Waals surface area contributed by atoms with Crippen LogP contribution in [0.2, 0.25) is 0 Å². The fourth-order valence-corrected chi connectivity index (χ4v) is 1.63. The van der Waals surface area contributed by atoms with E-state index in [9.17, 15) is 10.2 Å². The Morgan fingerprint density at radius 1 is 0.750 bits per heavy atom. The average Bonchev–Trinajstić information content (AvgIpc) is 2.48. The molecule has 0 aliphatic rings. The van der Waals surface area contributed by atoms with Gasteiger partial charge in [0, 0.05) is 17.2 Å². The van der Waals surface area contributed by atoms with E-state index in [4.69, 9.17) is 9.47 Å². The molecule has 0 spiro atoms. The van der Waals surface area contributed by atoms with Gasteiger partial charge in [0.15, 0.2) is 11.5 Å². The number of rotatable bonds is 2. The molecule has 102 valence electrons. The highest BCUT2D eigenvalue weighted by molar-refractivity contribution is 5.51. The van der Waals surface area contributed by atoms with Gasteiger partial charge in [0.1, 0.15) is 11.5 Å². The molecule has 2 rings (SSSR count).